The molecule has 0 fully saturated rings. The van der Waals surface area contributed by atoms with E-state index in [1.807, 2.05) is 13.8 Å². The number of nitrogens with one attached hydrogen (secondary N) is 1. The number of aliphatic hydroxyl groups is 1. The first kappa shape index (κ1) is 34.5. The highest BCUT2D eigenvalue weighted by atomic mass is 19.1. The number of carbonyl (C=O) groups excluding carboxylic acids is 2. The van der Waals surface area contributed by atoms with Gasteiger partial charge in [0.25, 0.3) is 5.91 Å². The molecule has 11 nitrogen and oxygen atoms in total. The molecule has 1 aromatic heterocycles. The predicted octanol–water partition coefficient (Wildman–Crippen LogP) is 5.09. The van der Waals surface area contributed by atoms with Crippen molar-refractivity contribution in [2.24, 2.45) is 17.6 Å². The van der Waals surface area contributed by atoms with Crippen molar-refractivity contribution in [3.63, 3.8) is 0 Å². The lowest BCUT2D eigenvalue weighted by molar-refractivity contribution is -0.112. The molecule has 3 aromatic rings. The summed E-state index contributed by atoms with van der Waals surface area (Å²) in [6.07, 6.45) is 2.95. The molecule has 0 radical (unpaired) electrons. The van der Waals surface area contributed by atoms with Gasteiger partial charge in [-0.05, 0) is 56.4 Å². The van der Waals surface area contributed by atoms with Crippen LogP contribution in [-0.4, -0.2) is 70.8 Å². The Bertz CT molecular complexity index is 1710. The van der Waals surface area contributed by atoms with Crippen molar-refractivity contribution >= 4 is 39.8 Å². The van der Waals surface area contributed by atoms with E-state index in [0.29, 0.717) is 45.2 Å². The summed E-state index contributed by atoms with van der Waals surface area (Å²) >= 11 is 0. The van der Waals surface area contributed by atoms with Crippen molar-refractivity contribution in [2.45, 2.75) is 65.0 Å². The number of ether oxygens (including phenoxy) is 3. The number of hydrogen-bond acceptors (Lipinski definition) is 9. The Morgan fingerprint density at radius 1 is 1.09 bits per heavy atom. The van der Waals surface area contributed by atoms with Gasteiger partial charge in [0.1, 0.15) is 17.7 Å². The highest BCUT2D eigenvalue weighted by Gasteiger charge is 2.30. The lowest BCUT2D eigenvalue weighted by Crippen LogP contribution is -2.37. The number of amides is 2. The minimum atomic E-state index is -0.995. The fourth-order valence-electron chi connectivity index (χ4n) is 5.74. The minimum Gasteiger partial charge on any atom is -0.505 e. The van der Waals surface area contributed by atoms with Crippen LogP contribution in [0.3, 0.4) is 0 Å². The summed E-state index contributed by atoms with van der Waals surface area (Å²) < 4.78 is 30.8. The minimum absolute atomic E-state index is 0.131. The molecule has 246 valence electrons. The maximum Gasteiger partial charge on any atom is 0.405 e. The van der Waals surface area contributed by atoms with Gasteiger partial charge in [0.2, 0.25) is 0 Å². The maximum absolute atomic E-state index is 14.1. The number of carbonyl (C=O) groups is 2. The van der Waals surface area contributed by atoms with Crippen molar-refractivity contribution in [1.29, 1.82) is 0 Å². The molecule has 6 atom stereocenters. The lowest BCUT2D eigenvalue weighted by Gasteiger charge is -2.29. The highest BCUT2D eigenvalue weighted by Crippen LogP contribution is 2.37. The molecule has 6 unspecified atom stereocenters. The van der Waals surface area contributed by atoms with Gasteiger partial charge in [0.05, 0.1) is 40.0 Å². The number of hydrogen-bond donors (Lipinski definition) is 4. The second-order valence-electron chi connectivity index (χ2n) is 11.8. The first-order chi connectivity index (χ1) is 21.8. The van der Waals surface area contributed by atoms with Gasteiger partial charge in [-0.2, -0.15) is 0 Å². The van der Waals surface area contributed by atoms with Crippen LogP contribution in [-0.2, 0) is 25.4 Å². The van der Waals surface area contributed by atoms with Gasteiger partial charge in [-0.15, -0.1) is 0 Å². The number of phenolic OH excluding ortho intramolecular Hbond substituents is 1. The van der Waals surface area contributed by atoms with E-state index in [9.17, 15) is 24.2 Å². The standard InChI is InChI=1S/C34H41FN4O7/c1-17-12-22-29-25(37-23-11-10-21(35)15-24(23)38-29)16-26(31(22)41)39-33(42)18(2)8-7-9-27(44-5)32(46-34(36)43)20(4)14-19(3)30(40)28(13-17)45-6/h7-11,14-17,19,27-28,30,32,40-41H,12-13H2,1-6H3,(H2,36,43)(H,39,42)/b9-7-,18-8+,20-14+. The van der Waals surface area contributed by atoms with Crippen molar-refractivity contribution in [2.75, 3.05) is 19.5 Å². The Hall–Kier alpha value is -4.39. The number of rotatable bonds is 3. The number of allylic oxidation sites excluding steroid dienone is 2. The molecule has 0 aliphatic carbocycles. The maximum atomic E-state index is 14.1. The van der Waals surface area contributed by atoms with Crippen LogP contribution >= 0.6 is 0 Å². The molecule has 2 amide bonds. The Kier molecular flexibility index (Phi) is 11.1. The van der Waals surface area contributed by atoms with Crippen LogP contribution in [0, 0.1) is 17.7 Å². The molecule has 2 aromatic carbocycles. The van der Waals surface area contributed by atoms with Crippen molar-refractivity contribution in [1.82, 2.24) is 9.97 Å². The van der Waals surface area contributed by atoms with Crippen LogP contribution in [0.5, 0.6) is 5.75 Å². The number of aliphatic hydroxyl groups excluding tert-OH is 1. The first-order valence-corrected chi connectivity index (χ1v) is 15.0. The smallest absolute Gasteiger partial charge is 0.405 e. The van der Waals surface area contributed by atoms with E-state index in [1.165, 1.54) is 38.5 Å². The zero-order chi connectivity index (χ0) is 33.7. The van der Waals surface area contributed by atoms with E-state index in [1.54, 1.807) is 38.2 Å². The summed E-state index contributed by atoms with van der Waals surface area (Å²) in [5.41, 5.74) is 8.37. The van der Waals surface area contributed by atoms with Gasteiger partial charge in [0.15, 0.2) is 6.10 Å². The number of aromatic nitrogens is 2. The van der Waals surface area contributed by atoms with E-state index >= 15 is 0 Å². The van der Waals surface area contributed by atoms with Gasteiger partial charge in [-0.3, -0.25) is 4.79 Å². The van der Waals surface area contributed by atoms with Crippen molar-refractivity contribution < 1.29 is 38.4 Å². The molecule has 0 saturated heterocycles. The van der Waals surface area contributed by atoms with Gasteiger partial charge < -0.3 is 35.5 Å². The zero-order valence-electron chi connectivity index (χ0n) is 26.8. The summed E-state index contributed by atoms with van der Waals surface area (Å²) in [4.78, 5) is 34.4. The average Bonchev–Trinajstić information content (AvgIpc) is 3.01. The molecule has 12 heteroatoms. The highest BCUT2D eigenvalue weighted by molar-refractivity contribution is 6.06. The SMILES string of the molecule is COC1/C=C\C=C(/C)C(=O)Nc2cc3nc4ccc(F)cc4nc3c(c2O)CC(C)CC(OC)C(O)C(C)/C=C(\C)C1OC(N)=O. The second kappa shape index (κ2) is 14.8. The first-order valence-electron chi connectivity index (χ1n) is 15.0. The van der Waals surface area contributed by atoms with E-state index in [4.69, 9.17) is 19.9 Å². The molecule has 1 aliphatic rings. The predicted molar refractivity (Wildman–Crippen MR) is 173 cm³/mol. The lowest BCUT2D eigenvalue weighted by atomic mass is 9.87. The number of aromatic hydroxyl groups is 1. The molecule has 2 bridgehead atoms. The Morgan fingerprint density at radius 2 is 1.83 bits per heavy atom. The number of phenols is 1. The van der Waals surface area contributed by atoms with E-state index in [-0.39, 0.29) is 23.8 Å². The fraction of sp³-hybridized carbons (Fsp3) is 0.412. The average molecular weight is 637 g/mol. The normalized spacial score (nSPS) is 28.1. The van der Waals surface area contributed by atoms with Crippen LogP contribution in [0.1, 0.15) is 39.7 Å². The molecule has 4 rings (SSSR count). The summed E-state index contributed by atoms with van der Waals surface area (Å²) in [5, 5.41) is 25.6. The number of nitrogens with two attached hydrogens (primary N) is 1. The van der Waals surface area contributed by atoms with Crippen molar-refractivity contribution in [3.8, 4) is 5.75 Å². The number of halogens is 1. The fourth-order valence-corrected chi connectivity index (χ4v) is 5.74. The van der Waals surface area contributed by atoms with Crippen LogP contribution < -0.4 is 11.1 Å². The third-order valence-electron chi connectivity index (χ3n) is 8.21. The van der Waals surface area contributed by atoms with Gasteiger partial charge in [0, 0.05) is 37.3 Å². The summed E-state index contributed by atoms with van der Waals surface area (Å²) in [6.45, 7) is 7.10. The topological polar surface area (TPSA) is 166 Å². The summed E-state index contributed by atoms with van der Waals surface area (Å²) in [5.74, 6) is -1.75. The summed E-state index contributed by atoms with van der Waals surface area (Å²) in [6, 6.07) is 5.61. The third-order valence-corrected chi connectivity index (χ3v) is 8.21. The third kappa shape index (κ3) is 7.87. The number of nitrogens with zero attached hydrogens (tertiary/aromatic N) is 2. The van der Waals surface area contributed by atoms with Crippen LogP contribution in [0.25, 0.3) is 22.1 Å². The number of anilines is 1. The van der Waals surface area contributed by atoms with Crippen LogP contribution in [0.2, 0.25) is 0 Å². The quantitative estimate of drug-likeness (QED) is 0.174. The molecule has 1 aliphatic heterocycles. The van der Waals surface area contributed by atoms with Crippen LogP contribution in [0.4, 0.5) is 14.9 Å². The molecular formula is C34H41FN4O7. The molecule has 5 N–H and O–H groups in total. The van der Waals surface area contributed by atoms with E-state index in [2.05, 4.69) is 15.3 Å². The number of primary amides is 1. The van der Waals surface area contributed by atoms with E-state index < -0.39 is 48.2 Å². The monoisotopic (exact) mass is 636 g/mol. The number of methoxy groups -OCH3 is 2. The largest absolute Gasteiger partial charge is 0.505 e. The van der Waals surface area contributed by atoms with Gasteiger partial charge >= 0.3 is 6.09 Å². The molecule has 2 heterocycles. The Morgan fingerprint density at radius 3 is 2.50 bits per heavy atom. The van der Waals surface area contributed by atoms with E-state index in [0.717, 1.165) is 0 Å². The number of fused-ring (bicyclic) bond motifs is 5. The van der Waals surface area contributed by atoms with Crippen LogP contribution in [0.15, 0.2) is 59.7 Å². The molecule has 0 spiro atoms. The number of benzene rings is 2. The van der Waals surface area contributed by atoms with Gasteiger partial charge in [-0.1, -0.05) is 38.2 Å². The summed E-state index contributed by atoms with van der Waals surface area (Å²) in [7, 11) is 2.95. The Balaban J connectivity index is 1.86. The molecular weight excluding hydrogens is 595 g/mol. The van der Waals surface area contributed by atoms with Gasteiger partial charge in [-0.25, -0.2) is 19.2 Å². The molecule has 0 saturated carbocycles. The van der Waals surface area contributed by atoms with Crippen molar-refractivity contribution in [3.05, 3.63) is 71.1 Å². The molecule has 46 heavy (non-hydrogen) atoms. The zero-order valence-corrected chi connectivity index (χ0v) is 26.8. The second-order valence-corrected chi connectivity index (χ2v) is 11.8. The Labute approximate surface area is 266 Å².